The summed E-state index contributed by atoms with van der Waals surface area (Å²) in [6, 6.07) is 6.74. The van der Waals surface area contributed by atoms with Crippen LogP contribution in [0, 0.1) is 5.82 Å². The van der Waals surface area contributed by atoms with Crippen molar-refractivity contribution < 1.29 is 9.18 Å². The summed E-state index contributed by atoms with van der Waals surface area (Å²) in [6.45, 7) is 2.52. The molecule has 20 heavy (non-hydrogen) atoms. The van der Waals surface area contributed by atoms with Crippen LogP contribution >= 0.6 is 0 Å². The van der Waals surface area contributed by atoms with Crippen molar-refractivity contribution in [1.29, 1.82) is 0 Å². The van der Waals surface area contributed by atoms with Crippen LogP contribution in [0.3, 0.4) is 0 Å². The number of anilines is 1. The molecular formula is C15H22FN3O. The molecule has 1 atom stereocenters. The highest BCUT2D eigenvalue weighted by atomic mass is 19.1. The van der Waals surface area contributed by atoms with E-state index >= 15 is 0 Å². The van der Waals surface area contributed by atoms with Crippen molar-refractivity contribution in [2.45, 2.75) is 37.8 Å². The molecule has 1 amide bonds. The quantitative estimate of drug-likeness (QED) is 0.798. The Labute approximate surface area is 119 Å². The fourth-order valence-corrected chi connectivity index (χ4v) is 2.16. The molecule has 1 aromatic carbocycles. The van der Waals surface area contributed by atoms with Gasteiger partial charge in [0.1, 0.15) is 5.82 Å². The van der Waals surface area contributed by atoms with Crippen molar-refractivity contribution in [3.8, 4) is 0 Å². The van der Waals surface area contributed by atoms with Gasteiger partial charge in [-0.05, 0) is 50.5 Å². The van der Waals surface area contributed by atoms with E-state index in [1.807, 2.05) is 18.9 Å². The molecule has 1 unspecified atom stereocenters. The first-order valence-corrected chi connectivity index (χ1v) is 6.95. The fourth-order valence-electron chi connectivity index (χ4n) is 2.16. The predicted octanol–water partition coefficient (Wildman–Crippen LogP) is 1.65. The lowest BCUT2D eigenvalue weighted by Crippen LogP contribution is -2.55. The topological polar surface area (TPSA) is 58.4 Å². The Morgan fingerprint density at radius 1 is 1.45 bits per heavy atom. The van der Waals surface area contributed by atoms with Gasteiger partial charge in [0.25, 0.3) is 0 Å². The van der Waals surface area contributed by atoms with E-state index < -0.39 is 5.54 Å². The molecule has 1 fully saturated rings. The highest BCUT2D eigenvalue weighted by molar-refractivity contribution is 5.84. The van der Waals surface area contributed by atoms with E-state index in [9.17, 15) is 9.18 Å². The Bertz CT molecular complexity index is 473. The number of carbonyl (C=O) groups is 1. The largest absolute Gasteiger partial charge is 0.375 e. The maximum atomic E-state index is 12.9. The first-order valence-electron chi connectivity index (χ1n) is 6.95. The van der Waals surface area contributed by atoms with Gasteiger partial charge in [-0.2, -0.15) is 0 Å². The maximum absolute atomic E-state index is 12.9. The molecule has 2 rings (SSSR count). The van der Waals surface area contributed by atoms with Crippen LogP contribution in [0.4, 0.5) is 10.1 Å². The summed E-state index contributed by atoms with van der Waals surface area (Å²) in [7, 11) is 1.92. The second-order valence-corrected chi connectivity index (χ2v) is 5.76. The predicted molar refractivity (Wildman–Crippen MR) is 78.0 cm³/mol. The van der Waals surface area contributed by atoms with Gasteiger partial charge >= 0.3 is 0 Å². The van der Waals surface area contributed by atoms with Gasteiger partial charge in [-0.3, -0.25) is 4.79 Å². The molecule has 110 valence electrons. The lowest BCUT2D eigenvalue weighted by Gasteiger charge is -2.30. The van der Waals surface area contributed by atoms with E-state index in [4.69, 9.17) is 5.73 Å². The number of hydrogen-bond donors (Lipinski definition) is 2. The van der Waals surface area contributed by atoms with Gasteiger partial charge < -0.3 is 16.0 Å². The average Bonchev–Trinajstić information content (AvgIpc) is 3.20. The number of halogens is 1. The molecule has 1 saturated carbocycles. The third-order valence-electron chi connectivity index (χ3n) is 3.86. The van der Waals surface area contributed by atoms with Crippen molar-refractivity contribution in [2.75, 3.05) is 18.5 Å². The number of nitrogens with two attached hydrogens (primary N) is 1. The highest BCUT2D eigenvalue weighted by Gasteiger charge is 2.36. The van der Waals surface area contributed by atoms with Crippen LogP contribution in [0.15, 0.2) is 24.3 Å². The van der Waals surface area contributed by atoms with Crippen LogP contribution in [0.25, 0.3) is 0 Å². The van der Waals surface area contributed by atoms with Gasteiger partial charge in [-0.25, -0.2) is 4.39 Å². The van der Waals surface area contributed by atoms with E-state index in [0.29, 0.717) is 19.0 Å². The van der Waals surface area contributed by atoms with Crippen molar-refractivity contribution in [3.63, 3.8) is 0 Å². The summed E-state index contributed by atoms with van der Waals surface area (Å²) in [4.78, 5) is 13.7. The Kier molecular flexibility index (Phi) is 4.28. The summed E-state index contributed by atoms with van der Waals surface area (Å²) in [6.07, 6.45) is 2.83. The lowest BCUT2D eigenvalue weighted by atomic mass is 9.96. The Morgan fingerprint density at radius 3 is 2.55 bits per heavy atom. The first kappa shape index (κ1) is 14.8. The SMILES string of the molecule is CN(CCC(C)(NC1CC1)C(N)=O)c1ccc(F)cc1. The van der Waals surface area contributed by atoms with Gasteiger partial charge in [0.2, 0.25) is 5.91 Å². The molecule has 4 nitrogen and oxygen atoms in total. The van der Waals surface area contributed by atoms with E-state index in [2.05, 4.69) is 5.32 Å². The minimum absolute atomic E-state index is 0.250. The molecule has 3 N–H and O–H groups in total. The minimum atomic E-state index is -0.685. The average molecular weight is 279 g/mol. The summed E-state index contributed by atoms with van der Waals surface area (Å²) >= 11 is 0. The third kappa shape index (κ3) is 3.70. The first-order chi connectivity index (χ1) is 9.40. The molecule has 1 aliphatic rings. The number of primary amides is 1. The zero-order valence-corrected chi connectivity index (χ0v) is 12.0. The Morgan fingerprint density at radius 2 is 2.05 bits per heavy atom. The number of nitrogens with one attached hydrogen (secondary N) is 1. The minimum Gasteiger partial charge on any atom is -0.375 e. The second kappa shape index (κ2) is 5.79. The van der Waals surface area contributed by atoms with Crippen molar-refractivity contribution in [2.24, 2.45) is 5.73 Å². The molecule has 0 radical (unpaired) electrons. The summed E-state index contributed by atoms with van der Waals surface area (Å²) in [5.41, 5.74) is 5.76. The van der Waals surface area contributed by atoms with Gasteiger partial charge in [0.15, 0.2) is 0 Å². The summed E-state index contributed by atoms with van der Waals surface area (Å²) in [5, 5.41) is 3.32. The number of benzene rings is 1. The number of amides is 1. The zero-order valence-electron chi connectivity index (χ0n) is 12.0. The molecule has 5 heteroatoms. The molecule has 0 saturated heterocycles. The number of rotatable bonds is 7. The van der Waals surface area contributed by atoms with Gasteiger partial charge in [-0.1, -0.05) is 0 Å². The fraction of sp³-hybridized carbons (Fsp3) is 0.533. The summed E-state index contributed by atoms with van der Waals surface area (Å²) < 4.78 is 12.9. The van der Waals surface area contributed by atoms with Crippen molar-refractivity contribution in [3.05, 3.63) is 30.1 Å². The van der Waals surface area contributed by atoms with E-state index in [1.54, 1.807) is 12.1 Å². The van der Waals surface area contributed by atoms with Crippen LogP contribution < -0.4 is 16.0 Å². The standard InChI is InChI=1S/C15H22FN3O/c1-15(14(17)20,18-12-5-6-12)9-10-19(2)13-7-3-11(16)4-8-13/h3-4,7-8,12,18H,5-6,9-10H2,1-2H3,(H2,17,20). The van der Waals surface area contributed by atoms with Gasteiger partial charge in [0.05, 0.1) is 5.54 Å². The van der Waals surface area contributed by atoms with E-state index in [1.165, 1.54) is 12.1 Å². The maximum Gasteiger partial charge on any atom is 0.237 e. The van der Waals surface area contributed by atoms with Crippen LogP contribution in [-0.2, 0) is 4.79 Å². The van der Waals surface area contributed by atoms with E-state index in [-0.39, 0.29) is 11.7 Å². The van der Waals surface area contributed by atoms with Crippen LogP contribution in [0.1, 0.15) is 26.2 Å². The third-order valence-corrected chi connectivity index (χ3v) is 3.86. The summed E-state index contributed by atoms with van der Waals surface area (Å²) in [5.74, 6) is -0.573. The molecule has 0 aliphatic heterocycles. The van der Waals surface area contributed by atoms with Gasteiger partial charge in [-0.15, -0.1) is 0 Å². The smallest absolute Gasteiger partial charge is 0.237 e. The number of carbonyl (C=O) groups excluding carboxylic acids is 1. The van der Waals surface area contributed by atoms with Crippen molar-refractivity contribution >= 4 is 11.6 Å². The lowest BCUT2D eigenvalue weighted by molar-refractivity contribution is -0.124. The Hall–Kier alpha value is -1.62. The Balaban J connectivity index is 1.94. The molecule has 0 bridgehead atoms. The monoisotopic (exact) mass is 279 g/mol. The molecule has 1 aliphatic carbocycles. The van der Waals surface area contributed by atoms with Crippen LogP contribution in [0.2, 0.25) is 0 Å². The van der Waals surface area contributed by atoms with Gasteiger partial charge in [0, 0.05) is 25.3 Å². The highest BCUT2D eigenvalue weighted by Crippen LogP contribution is 2.24. The van der Waals surface area contributed by atoms with Crippen LogP contribution in [-0.4, -0.2) is 31.1 Å². The van der Waals surface area contributed by atoms with E-state index in [0.717, 1.165) is 18.5 Å². The molecule has 1 aromatic rings. The number of hydrogen-bond acceptors (Lipinski definition) is 3. The zero-order chi connectivity index (χ0) is 14.8. The van der Waals surface area contributed by atoms with Crippen molar-refractivity contribution in [1.82, 2.24) is 5.32 Å². The molecule has 0 spiro atoms. The molecule has 0 heterocycles. The number of nitrogens with zero attached hydrogens (tertiary/aromatic N) is 1. The second-order valence-electron chi connectivity index (χ2n) is 5.76. The molecular weight excluding hydrogens is 257 g/mol. The molecule has 0 aromatic heterocycles. The normalized spacial score (nSPS) is 17.6. The van der Waals surface area contributed by atoms with Crippen LogP contribution in [0.5, 0.6) is 0 Å².